The molecule has 0 aromatic carbocycles. The van der Waals surface area contributed by atoms with Crippen LogP contribution in [0.4, 0.5) is 0 Å². The van der Waals surface area contributed by atoms with E-state index in [0.717, 1.165) is 25.7 Å². The predicted octanol–water partition coefficient (Wildman–Crippen LogP) is 2.45. The maximum absolute atomic E-state index is 12.5. The van der Waals surface area contributed by atoms with Crippen molar-refractivity contribution in [2.45, 2.75) is 70.7 Å². The standard InChI is InChI=1S/C18H26N2O4/c1-2-3-11-23-17-14(21)9-10-20-12-15(19-18(22)16(17)20)24-13-7-5-4-6-8-13/h9-10,13,15H,2-8,11-12H2,1H3,(H,19,22). The highest BCUT2D eigenvalue weighted by Crippen LogP contribution is 2.24. The Labute approximate surface area is 142 Å². The van der Waals surface area contributed by atoms with Gasteiger partial charge in [-0.2, -0.15) is 0 Å². The summed E-state index contributed by atoms with van der Waals surface area (Å²) in [4.78, 5) is 24.6. The van der Waals surface area contributed by atoms with Crippen LogP contribution in [0.5, 0.6) is 5.75 Å². The molecule has 1 saturated carbocycles. The molecule has 1 aromatic heterocycles. The van der Waals surface area contributed by atoms with Crippen molar-refractivity contribution >= 4 is 5.91 Å². The van der Waals surface area contributed by atoms with Crippen molar-refractivity contribution in [2.75, 3.05) is 6.61 Å². The third kappa shape index (κ3) is 3.80. The number of nitrogens with one attached hydrogen (secondary N) is 1. The van der Waals surface area contributed by atoms with Gasteiger partial charge in [0.2, 0.25) is 5.43 Å². The van der Waals surface area contributed by atoms with Crippen LogP contribution in [0, 0.1) is 0 Å². The molecule has 2 heterocycles. The summed E-state index contributed by atoms with van der Waals surface area (Å²) in [6, 6.07) is 1.46. The summed E-state index contributed by atoms with van der Waals surface area (Å²) in [5.41, 5.74) is 0.0567. The van der Waals surface area contributed by atoms with Gasteiger partial charge in [-0.3, -0.25) is 9.59 Å². The number of hydrogen-bond donors (Lipinski definition) is 1. The summed E-state index contributed by atoms with van der Waals surface area (Å²) in [6.45, 7) is 3.00. The van der Waals surface area contributed by atoms with E-state index in [1.807, 2.05) is 0 Å². The lowest BCUT2D eigenvalue weighted by Crippen LogP contribution is -2.48. The second kappa shape index (κ2) is 7.83. The Hall–Kier alpha value is -1.82. The summed E-state index contributed by atoms with van der Waals surface area (Å²) >= 11 is 0. The van der Waals surface area contributed by atoms with E-state index >= 15 is 0 Å². The molecule has 1 fully saturated rings. The van der Waals surface area contributed by atoms with Gasteiger partial charge in [0.05, 0.1) is 19.3 Å². The molecular weight excluding hydrogens is 308 g/mol. The molecule has 132 valence electrons. The number of fused-ring (bicyclic) bond motifs is 1. The number of nitrogens with zero attached hydrogens (tertiary/aromatic N) is 1. The maximum atomic E-state index is 12.5. The fourth-order valence-electron chi connectivity index (χ4n) is 3.35. The minimum atomic E-state index is -0.348. The second-order valence-corrected chi connectivity index (χ2v) is 6.57. The van der Waals surface area contributed by atoms with Crippen LogP contribution in [-0.4, -0.2) is 29.4 Å². The lowest BCUT2D eigenvalue weighted by atomic mass is 9.98. The molecule has 0 radical (unpaired) electrons. The molecular formula is C18H26N2O4. The molecule has 1 aromatic rings. The average Bonchev–Trinajstić information content (AvgIpc) is 2.58. The second-order valence-electron chi connectivity index (χ2n) is 6.57. The molecule has 6 nitrogen and oxygen atoms in total. The first-order valence-electron chi connectivity index (χ1n) is 9.01. The lowest BCUT2D eigenvalue weighted by Gasteiger charge is -2.32. The highest BCUT2D eigenvalue weighted by atomic mass is 16.5. The Kier molecular flexibility index (Phi) is 5.56. The monoisotopic (exact) mass is 334 g/mol. The van der Waals surface area contributed by atoms with E-state index in [2.05, 4.69) is 12.2 Å². The number of rotatable bonds is 6. The topological polar surface area (TPSA) is 69.6 Å². The van der Waals surface area contributed by atoms with Crippen LogP contribution in [0.15, 0.2) is 17.1 Å². The number of ether oxygens (including phenoxy) is 2. The fourth-order valence-corrected chi connectivity index (χ4v) is 3.35. The zero-order valence-corrected chi connectivity index (χ0v) is 14.3. The van der Waals surface area contributed by atoms with Gasteiger partial charge < -0.3 is 19.4 Å². The Morgan fingerprint density at radius 2 is 2.04 bits per heavy atom. The van der Waals surface area contributed by atoms with Crippen molar-refractivity contribution in [3.63, 3.8) is 0 Å². The van der Waals surface area contributed by atoms with Crippen LogP contribution in [0.2, 0.25) is 0 Å². The van der Waals surface area contributed by atoms with Gasteiger partial charge in [-0.15, -0.1) is 0 Å². The normalized spacial score (nSPS) is 21.2. The highest BCUT2D eigenvalue weighted by molar-refractivity contribution is 5.96. The molecule has 0 bridgehead atoms. The number of carbonyl (C=O) groups excluding carboxylic acids is 1. The molecule has 1 amide bonds. The summed E-state index contributed by atoms with van der Waals surface area (Å²) < 4.78 is 13.4. The number of hydrogen-bond acceptors (Lipinski definition) is 4. The van der Waals surface area contributed by atoms with Gasteiger partial charge in [-0.25, -0.2) is 0 Å². The first-order chi connectivity index (χ1) is 11.7. The van der Waals surface area contributed by atoms with E-state index in [0.29, 0.717) is 18.8 Å². The van der Waals surface area contributed by atoms with E-state index < -0.39 is 0 Å². The zero-order chi connectivity index (χ0) is 16.9. The van der Waals surface area contributed by atoms with Crippen LogP contribution >= 0.6 is 0 Å². The highest BCUT2D eigenvalue weighted by Gasteiger charge is 2.30. The Balaban J connectivity index is 1.74. The molecule has 1 aliphatic carbocycles. The van der Waals surface area contributed by atoms with E-state index in [9.17, 15) is 9.59 Å². The minimum Gasteiger partial charge on any atom is -0.487 e. The summed E-state index contributed by atoms with van der Waals surface area (Å²) in [5.74, 6) is -0.147. The van der Waals surface area contributed by atoms with E-state index in [4.69, 9.17) is 9.47 Å². The van der Waals surface area contributed by atoms with Crippen LogP contribution < -0.4 is 15.5 Å². The number of aromatic nitrogens is 1. The van der Waals surface area contributed by atoms with Gasteiger partial charge >= 0.3 is 0 Å². The van der Waals surface area contributed by atoms with Crippen molar-refractivity contribution < 1.29 is 14.3 Å². The van der Waals surface area contributed by atoms with Crippen molar-refractivity contribution in [2.24, 2.45) is 0 Å². The van der Waals surface area contributed by atoms with Crippen molar-refractivity contribution in [3.8, 4) is 5.75 Å². The number of pyridine rings is 1. The average molecular weight is 334 g/mol. The molecule has 0 spiro atoms. The Bertz CT molecular complexity index is 634. The number of carbonyl (C=O) groups is 1. The van der Waals surface area contributed by atoms with Gasteiger partial charge in [-0.05, 0) is 19.3 Å². The fraction of sp³-hybridized carbons (Fsp3) is 0.667. The van der Waals surface area contributed by atoms with Crippen molar-refractivity contribution in [1.29, 1.82) is 0 Å². The third-order valence-electron chi connectivity index (χ3n) is 4.65. The Morgan fingerprint density at radius 3 is 2.79 bits per heavy atom. The summed E-state index contributed by atoms with van der Waals surface area (Å²) in [7, 11) is 0. The Morgan fingerprint density at radius 1 is 1.25 bits per heavy atom. The molecule has 1 aliphatic heterocycles. The van der Waals surface area contributed by atoms with Crippen molar-refractivity contribution in [1.82, 2.24) is 9.88 Å². The number of amides is 1. The molecule has 1 unspecified atom stereocenters. The third-order valence-corrected chi connectivity index (χ3v) is 4.65. The molecule has 6 heteroatoms. The van der Waals surface area contributed by atoms with Crippen molar-refractivity contribution in [3.05, 3.63) is 28.2 Å². The summed E-state index contributed by atoms with van der Waals surface area (Å²) in [5, 5.41) is 2.88. The van der Waals surface area contributed by atoms with E-state index in [-0.39, 0.29) is 29.4 Å². The van der Waals surface area contributed by atoms with Crippen LogP contribution in [-0.2, 0) is 11.3 Å². The summed E-state index contributed by atoms with van der Waals surface area (Å²) in [6.07, 6.45) is 9.07. The molecule has 0 saturated heterocycles. The smallest absolute Gasteiger partial charge is 0.273 e. The van der Waals surface area contributed by atoms with Crippen LogP contribution in [0.25, 0.3) is 0 Å². The van der Waals surface area contributed by atoms with Gasteiger partial charge in [0.15, 0.2) is 11.4 Å². The molecule has 1 N–H and O–H groups in total. The van der Waals surface area contributed by atoms with Gasteiger partial charge in [0.25, 0.3) is 5.91 Å². The predicted molar refractivity (Wildman–Crippen MR) is 90.3 cm³/mol. The number of unbranched alkanes of at least 4 members (excludes halogenated alkanes) is 1. The maximum Gasteiger partial charge on any atom is 0.273 e. The van der Waals surface area contributed by atoms with Gasteiger partial charge in [0, 0.05) is 12.3 Å². The first-order valence-corrected chi connectivity index (χ1v) is 9.01. The first kappa shape index (κ1) is 17.0. The zero-order valence-electron chi connectivity index (χ0n) is 14.3. The van der Waals surface area contributed by atoms with Crippen LogP contribution in [0.1, 0.15) is 62.4 Å². The van der Waals surface area contributed by atoms with E-state index in [1.54, 1.807) is 10.8 Å². The van der Waals surface area contributed by atoms with Crippen LogP contribution in [0.3, 0.4) is 0 Å². The van der Waals surface area contributed by atoms with Gasteiger partial charge in [0.1, 0.15) is 6.23 Å². The molecule has 1 atom stereocenters. The lowest BCUT2D eigenvalue weighted by molar-refractivity contribution is -0.0533. The molecule has 2 aliphatic rings. The van der Waals surface area contributed by atoms with E-state index in [1.165, 1.54) is 25.3 Å². The largest absolute Gasteiger partial charge is 0.487 e. The quantitative estimate of drug-likeness (QED) is 0.811. The minimum absolute atomic E-state index is 0.152. The molecule has 24 heavy (non-hydrogen) atoms. The SMILES string of the molecule is CCCCOc1c2n(ccc1=O)CC(OC1CCCCC1)NC2=O. The molecule has 3 rings (SSSR count). The van der Waals surface area contributed by atoms with Gasteiger partial charge in [-0.1, -0.05) is 32.6 Å².